The van der Waals surface area contributed by atoms with Gasteiger partial charge in [0.2, 0.25) is 6.43 Å². The van der Waals surface area contributed by atoms with Crippen LogP contribution in [0.15, 0.2) is 0 Å². The normalized spacial score (nSPS) is 38.2. The second-order valence-electron chi connectivity index (χ2n) is 2.49. The van der Waals surface area contributed by atoms with Crippen molar-refractivity contribution in [3.63, 3.8) is 0 Å². The Hall–Kier alpha value is -0.710. The summed E-state index contributed by atoms with van der Waals surface area (Å²) < 4.78 is 23.5. The molecule has 1 fully saturated rings. The molecule has 0 unspecified atom stereocenters. The molecule has 10 heavy (non-hydrogen) atoms. The van der Waals surface area contributed by atoms with Crippen LogP contribution in [0, 0.1) is 5.92 Å². The van der Waals surface area contributed by atoms with E-state index in [4.69, 9.17) is 10.8 Å². The van der Waals surface area contributed by atoms with Crippen LogP contribution >= 0.6 is 0 Å². The van der Waals surface area contributed by atoms with E-state index >= 15 is 0 Å². The van der Waals surface area contributed by atoms with Crippen molar-refractivity contribution in [1.82, 2.24) is 0 Å². The molecule has 3 nitrogen and oxygen atoms in total. The van der Waals surface area contributed by atoms with Crippen molar-refractivity contribution >= 4 is 5.97 Å². The molecule has 0 aliphatic heterocycles. The number of carboxylic acid groups (broad SMARTS) is 1. The first-order valence-corrected chi connectivity index (χ1v) is 2.79. The molecule has 1 rings (SSSR count). The minimum atomic E-state index is -2.61. The number of carboxylic acids is 1. The Morgan fingerprint density at radius 1 is 1.80 bits per heavy atom. The Kier molecular flexibility index (Phi) is 1.39. The molecule has 1 aliphatic rings. The molecule has 3 N–H and O–H groups in total. The molecule has 1 aliphatic carbocycles. The SMILES string of the molecule is N[C@]1(C(=O)O)C[C@H]1C(F)F. The summed E-state index contributed by atoms with van der Waals surface area (Å²) in [6, 6.07) is 0. The zero-order valence-corrected chi connectivity index (χ0v) is 5.05. The predicted octanol–water partition coefficient (Wildman–Crippen LogP) is 0.0535. The van der Waals surface area contributed by atoms with Crippen LogP contribution in [0.25, 0.3) is 0 Å². The zero-order chi connectivity index (χ0) is 7.94. The van der Waals surface area contributed by atoms with E-state index < -0.39 is 23.9 Å². The first-order valence-electron chi connectivity index (χ1n) is 2.79. The third kappa shape index (κ3) is 0.862. The van der Waals surface area contributed by atoms with Crippen LogP contribution in [0.3, 0.4) is 0 Å². The predicted molar refractivity (Wildman–Crippen MR) is 28.7 cm³/mol. The number of rotatable bonds is 2. The Bertz CT molecular complexity index is 173. The van der Waals surface area contributed by atoms with Gasteiger partial charge in [0.05, 0.1) is 5.92 Å². The fourth-order valence-corrected chi connectivity index (χ4v) is 0.865. The van der Waals surface area contributed by atoms with E-state index in [9.17, 15) is 13.6 Å². The van der Waals surface area contributed by atoms with Crippen LogP contribution < -0.4 is 5.73 Å². The third-order valence-electron chi connectivity index (χ3n) is 1.76. The lowest BCUT2D eigenvalue weighted by atomic mass is 10.2. The molecular weight excluding hydrogens is 144 g/mol. The highest BCUT2D eigenvalue weighted by Gasteiger charge is 2.62. The van der Waals surface area contributed by atoms with Gasteiger partial charge in [0.15, 0.2) is 0 Å². The van der Waals surface area contributed by atoms with Gasteiger partial charge in [-0.25, -0.2) is 8.78 Å². The molecule has 5 heteroatoms. The van der Waals surface area contributed by atoms with E-state index in [2.05, 4.69) is 0 Å². The summed E-state index contributed by atoms with van der Waals surface area (Å²) in [5.74, 6) is -2.48. The minimum absolute atomic E-state index is 0.111. The van der Waals surface area contributed by atoms with Gasteiger partial charge in [-0.2, -0.15) is 0 Å². The third-order valence-corrected chi connectivity index (χ3v) is 1.76. The molecular formula is C5H7F2NO2. The lowest BCUT2D eigenvalue weighted by molar-refractivity contribution is -0.140. The maximum absolute atomic E-state index is 11.7. The van der Waals surface area contributed by atoms with E-state index in [-0.39, 0.29) is 6.42 Å². The van der Waals surface area contributed by atoms with Crippen molar-refractivity contribution in [1.29, 1.82) is 0 Å². The average Bonchev–Trinajstić information content (AvgIpc) is 2.43. The van der Waals surface area contributed by atoms with Crippen LogP contribution in [0.1, 0.15) is 6.42 Å². The van der Waals surface area contributed by atoms with Gasteiger partial charge in [0.25, 0.3) is 0 Å². The maximum atomic E-state index is 11.7. The maximum Gasteiger partial charge on any atom is 0.324 e. The highest BCUT2D eigenvalue weighted by Crippen LogP contribution is 2.45. The number of hydrogen-bond acceptors (Lipinski definition) is 2. The van der Waals surface area contributed by atoms with Crippen molar-refractivity contribution in [2.24, 2.45) is 11.7 Å². The number of hydrogen-bond donors (Lipinski definition) is 2. The fraction of sp³-hybridized carbons (Fsp3) is 0.800. The summed E-state index contributed by atoms with van der Waals surface area (Å²) in [5.41, 5.74) is 3.41. The molecule has 0 bridgehead atoms. The second-order valence-corrected chi connectivity index (χ2v) is 2.49. The highest BCUT2D eigenvalue weighted by molar-refractivity contribution is 5.82. The van der Waals surface area contributed by atoms with Crippen LogP contribution in [0.5, 0.6) is 0 Å². The lowest BCUT2D eigenvalue weighted by Gasteiger charge is -2.02. The van der Waals surface area contributed by atoms with Gasteiger partial charge >= 0.3 is 5.97 Å². The number of aliphatic carboxylic acids is 1. The number of nitrogens with two attached hydrogens (primary N) is 1. The number of carbonyl (C=O) groups is 1. The molecule has 0 aromatic rings. The molecule has 0 amide bonds. The van der Waals surface area contributed by atoms with Crippen molar-refractivity contribution in [2.75, 3.05) is 0 Å². The summed E-state index contributed by atoms with van der Waals surface area (Å²) in [7, 11) is 0. The van der Waals surface area contributed by atoms with Crippen LogP contribution in [-0.4, -0.2) is 23.0 Å². The van der Waals surface area contributed by atoms with Gasteiger partial charge < -0.3 is 10.8 Å². The minimum Gasteiger partial charge on any atom is -0.480 e. The fourth-order valence-electron chi connectivity index (χ4n) is 0.865. The molecule has 0 heterocycles. The number of halogens is 2. The Morgan fingerprint density at radius 3 is 2.40 bits per heavy atom. The van der Waals surface area contributed by atoms with Gasteiger partial charge in [0.1, 0.15) is 5.54 Å². The highest BCUT2D eigenvalue weighted by atomic mass is 19.3. The van der Waals surface area contributed by atoms with E-state index in [1.165, 1.54) is 0 Å². The summed E-state index contributed by atoms with van der Waals surface area (Å²) in [6.07, 6.45) is -2.72. The Morgan fingerprint density at radius 2 is 2.30 bits per heavy atom. The first kappa shape index (κ1) is 7.40. The monoisotopic (exact) mass is 151 g/mol. The molecule has 58 valence electrons. The van der Waals surface area contributed by atoms with E-state index in [1.807, 2.05) is 0 Å². The number of alkyl halides is 2. The smallest absolute Gasteiger partial charge is 0.324 e. The van der Waals surface area contributed by atoms with E-state index in [0.717, 1.165) is 0 Å². The van der Waals surface area contributed by atoms with E-state index in [1.54, 1.807) is 0 Å². The summed E-state index contributed by atoms with van der Waals surface area (Å²) in [5, 5.41) is 8.27. The van der Waals surface area contributed by atoms with Crippen LogP contribution in [0.4, 0.5) is 8.78 Å². The second kappa shape index (κ2) is 1.88. The quantitative estimate of drug-likeness (QED) is 0.586. The molecule has 1 saturated carbocycles. The average molecular weight is 151 g/mol. The molecule has 2 atom stereocenters. The Labute approximate surface area is 55.8 Å². The van der Waals surface area contributed by atoms with Gasteiger partial charge in [-0.1, -0.05) is 0 Å². The molecule has 0 saturated heterocycles. The summed E-state index contributed by atoms with van der Waals surface area (Å²) >= 11 is 0. The van der Waals surface area contributed by atoms with Gasteiger partial charge in [-0.05, 0) is 6.42 Å². The standard InChI is InChI=1S/C5H7F2NO2/c6-3(7)2-1-5(2,8)4(9)10/h2-3H,1,8H2,(H,9,10)/t2-,5+/m0/s1. The zero-order valence-electron chi connectivity index (χ0n) is 5.05. The van der Waals surface area contributed by atoms with Crippen LogP contribution in [-0.2, 0) is 4.79 Å². The largest absolute Gasteiger partial charge is 0.480 e. The Balaban J connectivity index is 2.56. The van der Waals surface area contributed by atoms with Crippen molar-refractivity contribution in [3.8, 4) is 0 Å². The lowest BCUT2D eigenvalue weighted by Crippen LogP contribution is -2.36. The van der Waals surface area contributed by atoms with Crippen molar-refractivity contribution < 1.29 is 18.7 Å². The molecule has 0 aromatic carbocycles. The summed E-state index contributed by atoms with van der Waals surface area (Å²) in [6.45, 7) is 0. The summed E-state index contributed by atoms with van der Waals surface area (Å²) in [4.78, 5) is 10.1. The van der Waals surface area contributed by atoms with Gasteiger partial charge in [-0.15, -0.1) is 0 Å². The molecule has 0 spiro atoms. The van der Waals surface area contributed by atoms with Gasteiger partial charge in [0, 0.05) is 0 Å². The van der Waals surface area contributed by atoms with Crippen molar-refractivity contribution in [2.45, 2.75) is 18.4 Å². The van der Waals surface area contributed by atoms with Crippen LogP contribution in [0.2, 0.25) is 0 Å². The first-order chi connectivity index (χ1) is 4.48. The molecule has 0 aromatic heterocycles. The topological polar surface area (TPSA) is 63.3 Å². The van der Waals surface area contributed by atoms with Gasteiger partial charge in [-0.3, -0.25) is 4.79 Å². The molecule has 0 radical (unpaired) electrons. The van der Waals surface area contributed by atoms with Crippen molar-refractivity contribution in [3.05, 3.63) is 0 Å². The van der Waals surface area contributed by atoms with E-state index in [0.29, 0.717) is 0 Å².